The average Bonchev–Trinajstić information content (AvgIpc) is 2.98. The molecule has 134 valence electrons. The fourth-order valence-electron chi connectivity index (χ4n) is 3.21. The van der Waals surface area contributed by atoms with Gasteiger partial charge in [0.1, 0.15) is 0 Å². The monoisotopic (exact) mass is 344 g/mol. The van der Waals surface area contributed by atoms with E-state index in [1.54, 1.807) is 0 Å². The molecule has 0 spiro atoms. The molecular formula is C18H24N4O3. The summed E-state index contributed by atoms with van der Waals surface area (Å²) in [5, 5.41) is 3.70. The summed E-state index contributed by atoms with van der Waals surface area (Å²) in [6.07, 6.45) is 4.78. The first kappa shape index (κ1) is 17.4. The van der Waals surface area contributed by atoms with Crippen molar-refractivity contribution in [3.05, 3.63) is 41.9 Å². The maximum Gasteiger partial charge on any atom is 0.292 e. The Bertz CT molecular complexity index is 689. The summed E-state index contributed by atoms with van der Waals surface area (Å²) >= 11 is 0. The second-order valence-electron chi connectivity index (χ2n) is 6.35. The number of pyridine rings is 1. The Kier molecular flexibility index (Phi) is 5.65. The number of hydrogen-bond donors (Lipinski definition) is 0. The van der Waals surface area contributed by atoms with Crippen molar-refractivity contribution < 1.29 is 14.1 Å². The van der Waals surface area contributed by atoms with E-state index in [0.717, 1.165) is 38.0 Å². The van der Waals surface area contributed by atoms with E-state index in [-0.39, 0.29) is 11.7 Å². The van der Waals surface area contributed by atoms with Gasteiger partial charge in [0.2, 0.25) is 5.76 Å². The van der Waals surface area contributed by atoms with Gasteiger partial charge in [-0.05, 0) is 43.6 Å². The van der Waals surface area contributed by atoms with Crippen LogP contribution in [0.25, 0.3) is 0 Å². The molecule has 25 heavy (non-hydrogen) atoms. The lowest BCUT2D eigenvalue weighted by Gasteiger charge is -2.26. The van der Waals surface area contributed by atoms with Gasteiger partial charge in [0.25, 0.3) is 11.8 Å². The largest absolute Gasteiger partial charge is 0.479 e. The molecule has 7 nitrogen and oxygen atoms in total. The van der Waals surface area contributed by atoms with E-state index in [9.17, 15) is 4.79 Å². The van der Waals surface area contributed by atoms with E-state index in [2.05, 4.69) is 22.1 Å². The van der Waals surface area contributed by atoms with E-state index >= 15 is 0 Å². The standard InChI is InChI=1S/C18H24N4O3/c1-21(13-14-6-3-4-9-19-14)15-7-5-10-22(11-8-15)18(23)16-12-17(24-2)20-25-16/h3-4,6,9,12,15H,5,7-8,10-11,13H2,1-2H3. The second kappa shape index (κ2) is 8.11. The van der Waals surface area contributed by atoms with E-state index in [4.69, 9.17) is 9.26 Å². The van der Waals surface area contributed by atoms with Crippen LogP contribution in [0.3, 0.4) is 0 Å². The van der Waals surface area contributed by atoms with Crippen molar-refractivity contribution in [3.8, 4) is 5.88 Å². The van der Waals surface area contributed by atoms with Gasteiger partial charge in [-0.15, -0.1) is 0 Å². The summed E-state index contributed by atoms with van der Waals surface area (Å²) < 4.78 is 10.1. The molecule has 0 N–H and O–H groups in total. The molecule has 1 atom stereocenters. The van der Waals surface area contributed by atoms with E-state index in [1.807, 2.05) is 29.3 Å². The molecule has 0 radical (unpaired) electrons. The molecule has 3 rings (SSSR count). The number of nitrogens with zero attached hydrogens (tertiary/aromatic N) is 4. The van der Waals surface area contributed by atoms with Gasteiger partial charge in [0.15, 0.2) is 0 Å². The number of hydrogen-bond acceptors (Lipinski definition) is 6. The summed E-state index contributed by atoms with van der Waals surface area (Å²) in [5.74, 6) is 0.437. The van der Waals surface area contributed by atoms with Crippen LogP contribution in [0.2, 0.25) is 0 Å². The Labute approximate surface area is 147 Å². The first-order chi connectivity index (χ1) is 12.2. The van der Waals surface area contributed by atoms with Gasteiger partial charge >= 0.3 is 0 Å². The van der Waals surface area contributed by atoms with Crippen LogP contribution in [0.5, 0.6) is 5.88 Å². The highest BCUT2D eigenvalue weighted by molar-refractivity contribution is 5.91. The number of carbonyl (C=O) groups excluding carboxylic acids is 1. The van der Waals surface area contributed by atoms with Gasteiger partial charge in [-0.1, -0.05) is 6.07 Å². The molecule has 1 aliphatic heterocycles. The SMILES string of the molecule is COc1cc(C(=O)N2CCCC(N(C)Cc3ccccn3)CC2)on1. The fourth-order valence-corrected chi connectivity index (χ4v) is 3.21. The van der Waals surface area contributed by atoms with E-state index in [1.165, 1.54) is 13.2 Å². The van der Waals surface area contributed by atoms with Crippen LogP contribution in [0.1, 0.15) is 35.5 Å². The van der Waals surface area contributed by atoms with Crippen molar-refractivity contribution in [2.75, 3.05) is 27.2 Å². The quantitative estimate of drug-likeness (QED) is 0.828. The lowest BCUT2D eigenvalue weighted by molar-refractivity contribution is 0.0715. The molecule has 3 heterocycles. The molecule has 7 heteroatoms. The number of amides is 1. The van der Waals surface area contributed by atoms with Crippen molar-refractivity contribution in [3.63, 3.8) is 0 Å². The van der Waals surface area contributed by atoms with Crippen molar-refractivity contribution >= 4 is 5.91 Å². The van der Waals surface area contributed by atoms with Crippen LogP contribution in [-0.4, -0.2) is 59.1 Å². The number of carbonyl (C=O) groups is 1. The van der Waals surface area contributed by atoms with Crippen LogP contribution in [0.15, 0.2) is 35.0 Å². The predicted octanol–water partition coefficient (Wildman–Crippen LogP) is 2.20. The van der Waals surface area contributed by atoms with E-state index in [0.29, 0.717) is 18.5 Å². The number of rotatable bonds is 5. The smallest absolute Gasteiger partial charge is 0.292 e. The minimum absolute atomic E-state index is 0.121. The lowest BCUT2D eigenvalue weighted by Crippen LogP contribution is -2.34. The van der Waals surface area contributed by atoms with Crippen molar-refractivity contribution in [1.29, 1.82) is 0 Å². The summed E-state index contributed by atoms with van der Waals surface area (Å²) in [6.45, 7) is 2.26. The molecule has 1 saturated heterocycles. The summed E-state index contributed by atoms with van der Waals surface area (Å²) in [6, 6.07) is 7.95. The number of ether oxygens (including phenoxy) is 1. The van der Waals surface area contributed by atoms with Gasteiger partial charge in [-0.3, -0.25) is 14.7 Å². The molecule has 1 fully saturated rings. The predicted molar refractivity (Wildman–Crippen MR) is 92.3 cm³/mol. The first-order valence-corrected chi connectivity index (χ1v) is 8.57. The van der Waals surface area contributed by atoms with Crippen LogP contribution in [-0.2, 0) is 6.54 Å². The average molecular weight is 344 g/mol. The zero-order valence-electron chi connectivity index (χ0n) is 14.7. The number of likely N-dealkylation sites (tertiary alicyclic amines) is 1. The van der Waals surface area contributed by atoms with Gasteiger partial charge in [0, 0.05) is 31.9 Å². The third-order valence-corrected chi connectivity index (χ3v) is 4.65. The maximum absolute atomic E-state index is 12.6. The molecule has 0 aromatic carbocycles. The van der Waals surface area contributed by atoms with Gasteiger partial charge in [0.05, 0.1) is 18.9 Å². The highest BCUT2D eigenvalue weighted by Crippen LogP contribution is 2.20. The summed E-state index contributed by atoms with van der Waals surface area (Å²) in [5.41, 5.74) is 1.07. The third-order valence-electron chi connectivity index (χ3n) is 4.65. The van der Waals surface area contributed by atoms with Crippen LogP contribution in [0.4, 0.5) is 0 Å². The van der Waals surface area contributed by atoms with Crippen LogP contribution >= 0.6 is 0 Å². The zero-order chi connectivity index (χ0) is 17.6. The topological polar surface area (TPSA) is 71.7 Å². The van der Waals surface area contributed by atoms with E-state index < -0.39 is 0 Å². The molecule has 0 aliphatic carbocycles. The maximum atomic E-state index is 12.6. The van der Waals surface area contributed by atoms with Crippen LogP contribution < -0.4 is 4.74 Å². The van der Waals surface area contributed by atoms with Gasteiger partial charge < -0.3 is 14.2 Å². The molecule has 0 bridgehead atoms. The number of methoxy groups -OCH3 is 1. The highest BCUT2D eigenvalue weighted by atomic mass is 16.5. The Hall–Kier alpha value is -2.41. The minimum atomic E-state index is -0.121. The molecule has 1 unspecified atom stereocenters. The van der Waals surface area contributed by atoms with Crippen molar-refractivity contribution in [1.82, 2.24) is 19.9 Å². The Morgan fingerprint density at radius 1 is 1.40 bits per heavy atom. The Balaban J connectivity index is 1.57. The Morgan fingerprint density at radius 2 is 2.28 bits per heavy atom. The fraction of sp³-hybridized carbons (Fsp3) is 0.500. The lowest BCUT2D eigenvalue weighted by atomic mass is 10.1. The summed E-state index contributed by atoms with van der Waals surface area (Å²) in [4.78, 5) is 21.1. The number of aromatic nitrogens is 2. The van der Waals surface area contributed by atoms with Gasteiger partial charge in [-0.2, -0.15) is 0 Å². The van der Waals surface area contributed by atoms with Crippen molar-refractivity contribution in [2.45, 2.75) is 31.8 Å². The molecule has 0 saturated carbocycles. The highest BCUT2D eigenvalue weighted by Gasteiger charge is 2.26. The zero-order valence-corrected chi connectivity index (χ0v) is 14.7. The normalized spacial score (nSPS) is 18.2. The molecular weight excluding hydrogens is 320 g/mol. The molecule has 2 aromatic rings. The minimum Gasteiger partial charge on any atom is -0.479 e. The van der Waals surface area contributed by atoms with Gasteiger partial charge in [-0.25, -0.2) is 0 Å². The summed E-state index contributed by atoms with van der Waals surface area (Å²) in [7, 11) is 3.62. The molecule has 2 aromatic heterocycles. The first-order valence-electron chi connectivity index (χ1n) is 8.57. The third kappa shape index (κ3) is 4.36. The van der Waals surface area contributed by atoms with Crippen LogP contribution in [0, 0.1) is 0 Å². The molecule has 1 aliphatic rings. The Morgan fingerprint density at radius 3 is 3.00 bits per heavy atom. The molecule has 1 amide bonds. The van der Waals surface area contributed by atoms with Crippen molar-refractivity contribution in [2.24, 2.45) is 0 Å². The second-order valence-corrected chi connectivity index (χ2v) is 6.35.